The van der Waals surface area contributed by atoms with Gasteiger partial charge in [0.05, 0.1) is 12.2 Å². The van der Waals surface area contributed by atoms with E-state index >= 15 is 0 Å². The molecule has 1 amide bonds. The van der Waals surface area contributed by atoms with E-state index in [9.17, 15) is 9.59 Å². The van der Waals surface area contributed by atoms with Crippen LogP contribution in [0.2, 0.25) is 0 Å². The summed E-state index contributed by atoms with van der Waals surface area (Å²) in [5, 5.41) is 10.6. The van der Waals surface area contributed by atoms with Crippen LogP contribution in [0.3, 0.4) is 0 Å². The number of aromatic nitrogens is 3. The second-order valence-corrected chi connectivity index (χ2v) is 5.52. The number of nitrogens with zero attached hydrogens (tertiary/aromatic N) is 3. The third-order valence-corrected chi connectivity index (χ3v) is 3.51. The number of ether oxygens (including phenoxy) is 1. The lowest BCUT2D eigenvalue weighted by Crippen LogP contribution is -2.12. The normalized spacial score (nSPS) is 10.5. The Balaban J connectivity index is 2.04. The molecule has 0 unspecified atom stereocenters. The highest BCUT2D eigenvalue weighted by Gasteiger charge is 2.12. The number of rotatable bonds is 8. The SMILES string of the molecule is CCCC(=O)Nc1ccc(OCCc2nncn2C)c(C(C)=O)c1. The molecule has 0 radical (unpaired) electrons. The number of carbonyl (C=O) groups is 2. The zero-order chi connectivity index (χ0) is 17.5. The van der Waals surface area contributed by atoms with Gasteiger partial charge in [-0.15, -0.1) is 10.2 Å². The lowest BCUT2D eigenvalue weighted by atomic mass is 10.1. The summed E-state index contributed by atoms with van der Waals surface area (Å²) in [5.41, 5.74) is 1.04. The van der Waals surface area contributed by atoms with Crippen molar-refractivity contribution in [3.63, 3.8) is 0 Å². The molecule has 0 aliphatic rings. The molecule has 0 saturated heterocycles. The highest BCUT2D eigenvalue weighted by molar-refractivity contribution is 5.99. The van der Waals surface area contributed by atoms with E-state index in [2.05, 4.69) is 15.5 Å². The highest BCUT2D eigenvalue weighted by Crippen LogP contribution is 2.24. The number of anilines is 1. The Kier molecular flexibility index (Phi) is 6.06. The molecule has 2 rings (SSSR count). The van der Waals surface area contributed by atoms with Gasteiger partial charge in [-0.25, -0.2) is 0 Å². The Morgan fingerprint density at radius 2 is 2.12 bits per heavy atom. The van der Waals surface area contributed by atoms with E-state index in [1.807, 2.05) is 18.5 Å². The molecule has 0 atom stereocenters. The van der Waals surface area contributed by atoms with Crippen LogP contribution >= 0.6 is 0 Å². The predicted molar refractivity (Wildman–Crippen MR) is 90.2 cm³/mol. The minimum absolute atomic E-state index is 0.0667. The first kappa shape index (κ1) is 17.7. The van der Waals surface area contributed by atoms with Gasteiger partial charge in [-0.05, 0) is 31.5 Å². The van der Waals surface area contributed by atoms with Gasteiger partial charge in [0.25, 0.3) is 0 Å². The molecule has 0 aliphatic carbocycles. The Morgan fingerprint density at radius 3 is 2.75 bits per heavy atom. The zero-order valence-electron chi connectivity index (χ0n) is 14.2. The van der Waals surface area contributed by atoms with Gasteiger partial charge < -0.3 is 14.6 Å². The van der Waals surface area contributed by atoms with Crippen molar-refractivity contribution in [1.29, 1.82) is 0 Å². The van der Waals surface area contributed by atoms with E-state index in [1.54, 1.807) is 24.5 Å². The van der Waals surface area contributed by atoms with Crippen molar-refractivity contribution in [2.24, 2.45) is 7.05 Å². The van der Waals surface area contributed by atoms with Gasteiger partial charge in [-0.3, -0.25) is 9.59 Å². The number of hydrogen-bond acceptors (Lipinski definition) is 5. The Bertz CT molecular complexity index is 724. The molecule has 0 bridgehead atoms. The van der Waals surface area contributed by atoms with Gasteiger partial charge in [0.2, 0.25) is 5.91 Å². The molecule has 0 spiro atoms. The minimum Gasteiger partial charge on any atom is -0.492 e. The van der Waals surface area contributed by atoms with Gasteiger partial charge in [-0.2, -0.15) is 0 Å². The number of aryl methyl sites for hydroxylation is 1. The third-order valence-electron chi connectivity index (χ3n) is 3.51. The van der Waals surface area contributed by atoms with Gasteiger partial charge in [-0.1, -0.05) is 6.92 Å². The molecule has 7 nitrogen and oxygen atoms in total. The van der Waals surface area contributed by atoms with Gasteiger partial charge in [0.15, 0.2) is 5.78 Å². The molecular weight excluding hydrogens is 308 g/mol. The summed E-state index contributed by atoms with van der Waals surface area (Å²) in [7, 11) is 1.87. The van der Waals surface area contributed by atoms with Crippen molar-refractivity contribution in [1.82, 2.24) is 14.8 Å². The number of ketones is 1. The number of hydrogen-bond donors (Lipinski definition) is 1. The summed E-state index contributed by atoms with van der Waals surface area (Å²) in [6.07, 6.45) is 3.44. The summed E-state index contributed by atoms with van der Waals surface area (Å²) in [5.74, 6) is 1.12. The monoisotopic (exact) mass is 330 g/mol. The van der Waals surface area contributed by atoms with Crippen molar-refractivity contribution < 1.29 is 14.3 Å². The predicted octanol–water partition coefficient (Wildman–Crippen LogP) is 2.38. The molecule has 2 aromatic rings. The van der Waals surface area contributed by atoms with Gasteiger partial charge in [0.1, 0.15) is 17.9 Å². The largest absolute Gasteiger partial charge is 0.492 e. The Hall–Kier alpha value is -2.70. The van der Waals surface area contributed by atoms with E-state index in [0.29, 0.717) is 36.4 Å². The van der Waals surface area contributed by atoms with Gasteiger partial charge >= 0.3 is 0 Å². The van der Waals surface area contributed by atoms with Crippen LogP contribution in [0.1, 0.15) is 42.9 Å². The van der Waals surface area contributed by atoms with E-state index in [0.717, 1.165) is 12.2 Å². The van der Waals surface area contributed by atoms with E-state index in [4.69, 9.17) is 4.74 Å². The quantitative estimate of drug-likeness (QED) is 0.751. The average molecular weight is 330 g/mol. The number of Topliss-reactive ketones (excluding diaryl/α,β-unsaturated/α-hetero) is 1. The fraction of sp³-hybridized carbons (Fsp3) is 0.412. The van der Waals surface area contributed by atoms with Crippen LogP contribution in [-0.4, -0.2) is 33.1 Å². The number of amides is 1. The van der Waals surface area contributed by atoms with Crippen LogP contribution in [0.25, 0.3) is 0 Å². The molecular formula is C17H22N4O3. The van der Waals surface area contributed by atoms with Crippen LogP contribution in [0.15, 0.2) is 24.5 Å². The molecule has 0 fully saturated rings. The maximum absolute atomic E-state index is 11.9. The van der Waals surface area contributed by atoms with E-state index < -0.39 is 0 Å². The molecule has 1 N–H and O–H groups in total. The van der Waals surface area contributed by atoms with Crippen LogP contribution in [0, 0.1) is 0 Å². The van der Waals surface area contributed by atoms with Crippen molar-refractivity contribution >= 4 is 17.4 Å². The summed E-state index contributed by atoms with van der Waals surface area (Å²) in [6.45, 7) is 3.80. The minimum atomic E-state index is -0.116. The van der Waals surface area contributed by atoms with Crippen molar-refractivity contribution in [3.05, 3.63) is 35.9 Å². The number of carbonyl (C=O) groups excluding carboxylic acids is 2. The molecule has 24 heavy (non-hydrogen) atoms. The van der Waals surface area contributed by atoms with Gasteiger partial charge in [0, 0.05) is 25.6 Å². The molecule has 0 aliphatic heterocycles. The number of nitrogens with one attached hydrogen (secondary N) is 1. The molecule has 0 saturated carbocycles. The van der Waals surface area contributed by atoms with E-state index in [-0.39, 0.29) is 11.7 Å². The average Bonchev–Trinajstić information content (AvgIpc) is 2.94. The fourth-order valence-corrected chi connectivity index (χ4v) is 2.25. The molecule has 7 heteroatoms. The van der Waals surface area contributed by atoms with Crippen molar-refractivity contribution in [3.8, 4) is 5.75 Å². The van der Waals surface area contributed by atoms with E-state index in [1.165, 1.54) is 6.92 Å². The maximum Gasteiger partial charge on any atom is 0.224 e. The first-order valence-corrected chi connectivity index (χ1v) is 7.91. The van der Waals surface area contributed by atoms with Crippen LogP contribution in [0.5, 0.6) is 5.75 Å². The summed E-state index contributed by atoms with van der Waals surface area (Å²) >= 11 is 0. The molecule has 128 valence electrons. The summed E-state index contributed by atoms with van der Waals surface area (Å²) in [6, 6.07) is 5.08. The van der Waals surface area contributed by atoms with Crippen molar-refractivity contribution in [2.45, 2.75) is 33.1 Å². The molecule has 1 heterocycles. The van der Waals surface area contributed by atoms with Crippen LogP contribution in [-0.2, 0) is 18.3 Å². The standard InChI is InChI=1S/C17H22N4O3/c1-4-5-17(23)19-13-6-7-15(14(10-13)12(2)22)24-9-8-16-20-18-11-21(16)3/h6-7,10-11H,4-5,8-9H2,1-3H3,(H,19,23). The molecule has 1 aromatic heterocycles. The first-order valence-electron chi connectivity index (χ1n) is 7.91. The third kappa shape index (κ3) is 4.65. The topological polar surface area (TPSA) is 86.1 Å². The lowest BCUT2D eigenvalue weighted by Gasteiger charge is -2.12. The van der Waals surface area contributed by atoms with Crippen LogP contribution in [0.4, 0.5) is 5.69 Å². The number of benzene rings is 1. The fourth-order valence-electron chi connectivity index (χ4n) is 2.25. The highest BCUT2D eigenvalue weighted by atomic mass is 16.5. The summed E-state index contributed by atoms with van der Waals surface area (Å²) in [4.78, 5) is 23.5. The zero-order valence-corrected chi connectivity index (χ0v) is 14.2. The van der Waals surface area contributed by atoms with Crippen molar-refractivity contribution in [2.75, 3.05) is 11.9 Å². The lowest BCUT2D eigenvalue weighted by molar-refractivity contribution is -0.116. The Morgan fingerprint density at radius 1 is 1.33 bits per heavy atom. The summed E-state index contributed by atoms with van der Waals surface area (Å²) < 4.78 is 7.54. The second-order valence-electron chi connectivity index (χ2n) is 5.52. The Labute approximate surface area is 141 Å². The smallest absolute Gasteiger partial charge is 0.224 e. The second kappa shape index (κ2) is 8.24. The molecule has 1 aromatic carbocycles. The maximum atomic E-state index is 11.9. The first-order chi connectivity index (χ1) is 11.5. The van der Waals surface area contributed by atoms with Crippen LogP contribution < -0.4 is 10.1 Å².